The molecular formula is C21H22ClN3O3S. The summed E-state index contributed by atoms with van der Waals surface area (Å²) in [5.74, 6) is 1.16. The molecule has 0 spiro atoms. The second kappa shape index (κ2) is 7.80. The molecule has 8 heteroatoms. The minimum absolute atomic E-state index is 0.0392. The van der Waals surface area contributed by atoms with Gasteiger partial charge in [-0.3, -0.25) is 14.2 Å². The lowest BCUT2D eigenvalue weighted by Crippen LogP contribution is -2.27. The predicted octanol–water partition coefficient (Wildman–Crippen LogP) is 4.43. The summed E-state index contributed by atoms with van der Waals surface area (Å²) in [6, 6.07) is 5.13. The maximum atomic E-state index is 13.3. The van der Waals surface area contributed by atoms with Crippen LogP contribution in [0.15, 0.2) is 23.0 Å². The van der Waals surface area contributed by atoms with Crippen molar-refractivity contribution in [3.63, 3.8) is 0 Å². The predicted molar refractivity (Wildman–Crippen MR) is 117 cm³/mol. The number of aromatic nitrogens is 2. The van der Waals surface area contributed by atoms with Gasteiger partial charge in [-0.15, -0.1) is 11.3 Å². The lowest BCUT2D eigenvalue weighted by Gasteiger charge is -2.20. The largest absolute Gasteiger partial charge is 0.495 e. The van der Waals surface area contributed by atoms with Gasteiger partial charge in [0.2, 0.25) is 0 Å². The molecule has 2 aromatic heterocycles. The highest BCUT2D eigenvalue weighted by molar-refractivity contribution is 7.20. The van der Waals surface area contributed by atoms with Gasteiger partial charge in [-0.2, -0.15) is 0 Å². The van der Waals surface area contributed by atoms with Gasteiger partial charge in [0, 0.05) is 25.0 Å². The normalized spacial score (nSPS) is 13.8. The Morgan fingerprint density at radius 2 is 2.10 bits per heavy atom. The number of hydrogen-bond donors (Lipinski definition) is 0. The number of thiophene rings is 1. The number of hydrogen-bond acceptors (Lipinski definition) is 5. The number of rotatable bonds is 3. The van der Waals surface area contributed by atoms with E-state index in [1.807, 2.05) is 6.92 Å². The molecule has 0 fully saturated rings. The topological polar surface area (TPSA) is 64.4 Å². The average molecular weight is 432 g/mol. The highest BCUT2D eigenvalue weighted by atomic mass is 35.5. The molecule has 6 nitrogen and oxygen atoms in total. The molecule has 0 bridgehead atoms. The van der Waals surface area contributed by atoms with Crippen molar-refractivity contribution in [1.82, 2.24) is 9.55 Å². The van der Waals surface area contributed by atoms with Crippen molar-refractivity contribution in [2.75, 3.05) is 19.1 Å². The Morgan fingerprint density at radius 1 is 1.31 bits per heavy atom. The van der Waals surface area contributed by atoms with E-state index < -0.39 is 0 Å². The SMILES string of the molecule is COc1ccc(Cl)cc1N(C)C(=O)c1sc2nc3n(c(=O)c2c1C)CCCCC3. The molecule has 0 saturated carbocycles. The van der Waals surface area contributed by atoms with E-state index in [1.54, 1.807) is 36.9 Å². The fourth-order valence-electron chi connectivity index (χ4n) is 3.80. The zero-order valence-corrected chi connectivity index (χ0v) is 18.2. The quantitative estimate of drug-likeness (QED) is 0.615. The van der Waals surface area contributed by atoms with Gasteiger partial charge in [-0.1, -0.05) is 18.0 Å². The molecule has 1 aromatic carbocycles. The van der Waals surface area contributed by atoms with Crippen molar-refractivity contribution in [2.45, 2.75) is 39.2 Å². The Balaban J connectivity index is 1.81. The minimum atomic E-state index is -0.217. The Labute approximate surface area is 177 Å². The molecule has 3 heterocycles. The number of benzene rings is 1. The third-order valence-corrected chi connectivity index (χ3v) is 6.82. The van der Waals surface area contributed by atoms with Crippen LogP contribution in [0.1, 0.15) is 40.3 Å². The average Bonchev–Trinajstić information content (AvgIpc) is 2.88. The second-order valence-electron chi connectivity index (χ2n) is 7.21. The summed E-state index contributed by atoms with van der Waals surface area (Å²) in [6.45, 7) is 2.51. The van der Waals surface area contributed by atoms with E-state index >= 15 is 0 Å². The number of amides is 1. The van der Waals surface area contributed by atoms with Gasteiger partial charge >= 0.3 is 0 Å². The van der Waals surface area contributed by atoms with Gasteiger partial charge in [0.15, 0.2) is 0 Å². The Hall–Kier alpha value is -2.38. The molecule has 1 aliphatic rings. The van der Waals surface area contributed by atoms with Gasteiger partial charge in [0.25, 0.3) is 11.5 Å². The monoisotopic (exact) mass is 431 g/mol. The maximum Gasteiger partial charge on any atom is 0.268 e. The molecule has 1 aliphatic heterocycles. The van der Waals surface area contributed by atoms with Crippen molar-refractivity contribution < 1.29 is 9.53 Å². The molecule has 0 N–H and O–H groups in total. The van der Waals surface area contributed by atoms with E-state index in [-0.39, 0.29) is 11.5 Å². The number of ether oxygens (including phenoxy) is 1. The van der Waals surface area contributed by atoms with E-state index in [4.69, 9.17) is 21.3 Å². The van der Waals surface area contributed by atoms with E-state index in [1.165, 1.54) is 16.2 Å². The van der Waals surface area contributed by atoms with E-state index in [0.29, 0.717) is 43.7 Å². The maximum absolute atomic E-state index is 13.3. The number of halogens is 1. The number of carbonyl (C=O) groups excluding carboxylic acids is 1. The van der Waals surface area contributed by atoms with Crippen molar-refractivity contribution in [2.24, 2.45) is 0 Å². The third kappa shape index (κ3) is 3.42. The lowest BCUT2D eigenvalue weighted by molar-refractivity contribution is 0.0996. The van der Waals surface area contributed by atoms with Crippen LogP contribution in [0.25, 0.3) is 10.2 Å². The molecule has 3 aromatic rings. The van der Waals surface area contributed by atoms with Gasteiger partial charge in [-0.05, 0) is 43.5 Å². The lowest BCUT2D eigenvalue weighted by atomic mass is 10.2. The molecule has 0 saturated heterocycles. The van der Waals surface area contributed by atoms with Crippen LogP contribution in [-0.4, -0.2) is 29.6 Å². The van der Waals surface area contributed by atoms with Crippen LogP contribution in [0.2, 0.25) is 5.02 Å². The summed E-state index contributed by atoms with van der Waals surface area (Å²) >= 11 is 7.40. The fraction of sp³-hybridized carbons (Fsp3) is 0.381. The first-order valence-electron chi connectivity index (χ1n) is 9.56. The standard InChI is InChI=1S/C21H22ClN3O3S/c1-12-17-19(23-16-7-5-4-6-10-25(16)20(17)26)29-18(12)21(27)24(2)14-11-13(22)8-9-15(14)28-3/h8-9,11H,4-7,10H2,1-3H3. The van der Waals surface area contributed by atoms with Crippen LogP contribution in [0, 0.1) is 6.92 Å². The zero-order valence-electron chi connectivity index (χ0n) is 16.6. The van der Waals surface area contributed by atoms with Crippen molar-refractivity contribution in [3.05, 3.63) is 49.8 Å². The number of fused-ring (bicyclic) bond motifs is 2. The molecule has 0 unspecified atom stereocenters. The number of methoxy groups -OCH3 is 1. The van der Waals surface area contributed by atoms with Crippen molar-refractivity contribution in [3.8, 4) is 5.75 Å². The van der Waals surface area contributed by atoms with Crippen LogP contribution in [0.4, 0.5) is 5.69 Å². The smallest absolute Gasteiger partial charge is 0.268 e. The molecule has 0 radical (unpaired) electrons. The fourth-order valence-corrected chi connectivity index (χ4v) is 5.13. The summed E-state index contributed by atoms with van der Waals surface area (Å²) in [6.07, 6.45) is 3.91. The molecule has 0 aliphatic carbocycles. The van der Waals surface area contributed by atoms with E-state index in [9.17, 15) is 9.59 Å². The summed E-state index contributed by atoms with van der Waals surface area (Å²) in [7, 11) is 3.23. The van der Waals surface area contributed by atoms with Crippen LogP contribution in [0.3, 0.4) is 0 Å². The Morgan fingerprint density at radius 3 is 2.86 bits per heavy atom. The highest BCUT2D eigenvalue weighted by Crippen LogP contribution is 2.34. The minimum Gasteiger partial charge on any atom is -0.495 e. The highest BCUT2D eigenvalue weighted by Gasteiger charge is 2.25. The summed E-state index contributed by atoms with van der Waals surface area (Å²) < 4.78 is 7.17. The first-order chi connectivity index (χ1) is 13.9. The van der Waals surface area contributed by atoms with Crippen LogP contribution >= 0.6 is 22.9 Å². The molecule has 0 atom stereocenters. The number of carbonyl (C=O) groups is 1. The summed E-state index contributed by atoms with van der Waals surface area (Å²) in [5, 5.41) is 1.06. The Bertz CT molecular complexity index is 1170. The number of anilines is 1. The number of aryl methyl sites for hydroxylation is 2. The van der Waals surface area contributed by atoms with Gasteiger partial charge < -0.3 is 9.64 Å². The van der Waals surface area contributed by atoms with Gasteiger partial charge in [0.1, 0.15) is 16.4 Å². The third-order valence-electron chi connectivity index (χ3n) is 5.41. The molecule has 4 rings (SSSR count). The van der Waals surface area contributed by atoms with E-state index in [2.05, 4.69) is 0 Å². The van der Waals surface area contributed by atoms with Crippen LogP contribution < -0.4 is 15.2 Å². The zero-order chi connectivity index (χ0) is 20.7. The van der Waals surface area contributed by atoms with Crippen LogP contribution in [-0.2, 0) is 13.0 Å². The number of nitrogens with zero attached hydrogens (tertiary/aromatic N) is 3. The molecular weight excluding hydrogens is 410 g/mol. The molecule has 152 valence electrons. The molecule has 29 heavy (non-hydrogen) atoms. The van der Waals surface area contributed by atoms with Crippen molar-refractivity contribution >= 4 is 44.7 Å². The molecule has 1 amide bonds. The summed E-state index contributed by atoms with van der Waals surface area (Å²) in [4.78, 5) is 33.8. The van der Waals surface area contributed by atoms with E-state index in [0.717, 1.165) is 31.5 Å². The van der Waals surface area contributed by atoms with Crippen molar-refractivity contribution in [1.29, 1.82) is 0 Å². The first-order valence-corrected chi connectivity index (χ1v) is 10.8. The first kappa shape index (κ1) is 19.9. The van der Waals surface area contributed by atoms with Crippen LogP contribution in [0.5, 0.6) is 5.75 Å². The van der Waals surface area contributed by atoms with Gasteiger partial charge in [0.05, 0.1) is 23.1 Å². The Kier molecular flexibility index (Phi) is 5.36. The van der Waals surface area contributed by atoms with Gasteiger partial charge in [-0.25, -0.2) is 4.98 Å². The summed E-state index contributed by atoms with van der Waals surface area (Å²) in [5.41, 5.74) is 1.21. The second-order valence-corrected chi connectivity index (χ2v) is 8.65.